The first-order chi connectivity index (χ1) is 15.1. The van der Waals surface area contributed by atoms with Gasteiger partial charge in [0, 0.05) is 12.0 Å². The highest BCUT2D eigenvalue weighted by atomic mass is 19.2. The second-order valence-corrected chi connectivity index (χ2v) is 7.94. The number of halogens is 2. The first-order valence-corrected chi connectivity index (χ1v) is 11.1. The summed E-state index contributed by atoms with van der Waals surface area (Å²) in [6.07, 6.45) is 9.85. The summed E-state index contributed by atoms with van der Waals surface area (Å²) >= 11 is 0. The topological polar surface area (TPSA) is 33.0 Å². The molecule has 0 saturated carbocycles. The van der Waals surface area contributed by atoms with Crippen molar-refractivity contribution in [1.29, 1.82) is 5.26 Å². The van der Waals surface area contributed by atoms with Gasteiger partial charge in [0.25, 0.3) is 0 Å². The van der Waals surface area contributed by atoms with Crippen molar-refractivity contribution in [1.82, 2.24) is 0 Å². The minimum absolute atomic E-state index is 0.144. The number of hydrogen-bond donors (Lipinski definition) is 0. The monoisotopic (exact) mass is 421 g/mol. The van der Waals surface area contributed by atoms with Gasteiger partial charge in [-0.05, 0) is 35.8 Å². The van der Waals surface area contributed by atoms with Crippen LogP contribution in [0.5, 0.6) is 5.75 Å². The van der Waals surface area contributed by atoms with E-state index in [0.717, 1.165) is 18.4 Å². The van der Waals surface area contributed by atoms with Crippen LogP contribution in [-0.2, 0) is 5.67 Å². The molecule has 3 rings (SSSR count). The quantitative estimate of drug-likeness (QED) is 0.365. The summed E-state index contributed by atoms with van der Waals surface area (Å²) < 4.78 is 36.7. The Hall–Kier alpha value is -2.93. The molecule has 1 aliphatic carbocycles. The molecule has 1 aliphatic rings. The average Bonchev–Trinajstić information content (AvgIpc) is 2.80. The molecule has 0 amide bonds. The number of hydrogen-bond acceptors (Lipinski definition) is 2. The van der Waals surface area contributed by atoms with Gasteiger partial charge in [0.1, 0.15) is 11.8 Å². The molecule has 31 heavy (non-hydrogen) atoms. The van der Waals surface area contributed by atoms with E-state index in [2.05, 4.69) is 6.92 Å². The largest absolute Gasteiger partial charge is 0.494 e. The molecule has 1 atom stereocenters. The lowest BCUT2D eigenvalue weighted by atomic mass is 9.81. The van der Waals surface area contributed by atoms with Crippen LogP contribution < -0.4 is 4.74 Å². The third-order valence-electron chi connectivity index (χ3n) is 5.65. The lowest BCUT2D eigenvalue weighted by molar-refractivity contribution is 0.176. The average molecular weight is 422 g/mol. The maximum atomic E-state index is 15.9. The standard InChI is InChI=1S/C27H29F2NO/c1-2-3-4-5-6-9-18-31-23-14-10-12-21(19-23)24-15-7-8-16-25(24)27(29)17-11-13-22(20-30)26(27)28/h7-8,10-16,19H,2-6,9,17-18H2,1H3. The van der Waals surface area contributed by atoms with E-state index >= 15 is 4.39 Å². The van der Waals surface area contributed by atoms with Gasteiger partial charge in [-0.3, -0.25) is 0 Å². The summed E-state index contributed by atoms with van der Waals surface area (Å²) in [5.41, 5.74) is -1.05. The van der Waals surface area contributed by atoms with E-state index in [-0.39, 0.29) is 17.6 Å². The summed E-state index contributed by atoms with van der Waals surface area (Å²) in [4.78, 5) is 0. The SMILES string of the molecule is CCCCCCCCOc1cccc(-c2ccccc2C2(F)CC=CC(C#N)=C2F)c1. The first kappa shape index (κ1) is 22.7. The van der Waals surface area contributed by atoms with Crippen molar-refractivity contribution >= 4 is 0 Å². The number of nitrogens with zero attached hydrogens (tertiary/aromatic N) is 1. The van der Waals surface area contributed by atoms with Crippen molar-refractivity contribution in [3.05, 3.63) is 77.6 Å². The molecular formula is C27H29F2NO. The summed E-state index contributed by atoms with van der Waals surface area (Å²) in [5.74, 6) is -0.313. The molecule has 0 radical (unpaired) electrons. The van der Waals surface area contributed by atoms with Crippen LogP contribution in [0.2, 0.25) is 0 Å². The highest BCUT2D eigenvalue weighted by molar-refractivity contribution is 5.71. The zero-order valence-corrected chi connectivity index (χ0v) is 18.0. The normalized spacial score (nSPS) is 18.1. The Bertz CT molecular complexity index is 989. The van der Waals surface area contributed by atoms with Crippen LogP contribution >= 0.6 is 0 Å². The number of allylic oxidation sites excluding steroid dienone is 4. The van der Waals surface area contributed by atoms with Crippen molar-refractivity contribution in [2.45, 2.75) is 57.5 Å². The Morgan fingerprint density at radius 1 is 1.03 bits per heavy atom. The van der Waals surface area contributed by atoms with Crippen molar-refractivity contribution in [3.63, 3.8) is 0 Å². The fourth-order valence-corrected chi connectivity index (χ4v) is 3.94. The number of benzene rings is 2. The van der Waals surface area contributed by atoms with Crippen molar-refractivity contribution in [3.8, 4) is 22.9 Å². The Morgan fingerprint density at radius 2 is 1.81 bits per heavy atom. The van der Waals surface area contributed by atoms with Crippen LogP contribution in [-0.4, -0.2) is 6.61 Å². The molecule has 4 heteroatoms. The molecule has 0 saturated heterocycles. The molecule has 0 bridgehead atoms. The maximum Gasteiger partial charge on any atom is 0.192 e. The van der Waals surface area contributed by atoms with E-state index < -0.39 is 11.5 Å². The maximum absolute atomic E-state index is 15.9. The summed E-state index contributed by atoms with van der Waals surface area (Å²) in [6, 6.07) is 16.1. The fourth-order valence-electron chi connectivity index (χ4n) is 3.94. The molecule has 2 aromatic carbocycles. The van der Waals surface area contributed by atoms with Gasteiger partial charge in [-0.2, -0.15) is 5.26 Å². The molecule has 0 aliphatic heterocycles. The predicted octanol–water partition coefficient (Wildman–Crippen LogP) is 7.96. The lowest BCUT2D eigenvalue weighted by Crippen LogP contribution is -2.24. The smallest absolute Gasteiger partial charge is 0.192 e. The number of nitriles is 1. The van der Waals surface area contributed by atoms with Crippen LogP contribution in [0.1, 0.15) is 57.4 Å². The van der Waals surface area contributed by atoms with E-state index in [1.54, 1.807) is 30.3 Å². The Morgan fingerprint density at radius 3 is 2.61 bits per heavy atom. The molecule has 0 aromatic heterocycles. The molecule has 0 heterocycles. The van der Waals surface area contributed by atoms with Gasteiger partial charge >= 0.3 is 0 Å². The van der Waals surface area contributed by atoms with Crippen molar-refractivity contribution < 1.29 is 13.5 Å². The van der Waals surface area contributed by atoms with E-state index in [0.29, 0.717) is 17.9 Å². The minimum Gasteiger partial charge on any atom is -0.494 e. The number of rotatable bonds is 10. The third-order valence-corrected chi connectivity index (χ3v) is 5.65. The molecule has 2 aromatic rings. The zero-order chi connectivity index (χ0) is 22.1. The highest BCUT2D eigenvalue weighted by Crippen LogP contribution is 2.46. The molecule has 0 N–H and O–H groups in total. The van der Waals surface area contributed by atoms with Gasteiger partial charge in [-0.1, -0.05) is 81.5 Å². The van der Waals surface area contributed by atoms with Gasteiger partial charge < -0.3 is 4.74 Å². The zero-order valence-electron chi connectivity index (χ0n) is 18.0. The molecule has 1 unspecified atom stereocenters. The molecule has 0 spiro atoms. The number of alkyl halides is 1. The molecule has 0 fully saturated rings. The number of ether oxygens (including phenoxy) is 1. The van der Waals surface area contributed by atoms with Gasteiger partial charge in [0.2, 0.25) is 0 Å². The van der Waals surface area contributed by atoms with E-state index in [4.69, 9.17) is 10.00 Å². The molecular weight excluding hydrogens is 392 g/mol. The summed E-state index contributed by atoms with van der Waals surface area (Å²) in [7, 11) is 0. The number of unbranched alkanes of at least 4 members (excludes halogenated alkanes) is 5. The van der Waals surface area contributed by atoms with Crippen LogP contribution in [0, 0.1) is 11.3 Å². The second kappa shape index (κ2) is 10.9. The first-order valence-electron chi connectivity index (χ1n) is 11.1. The summed E-state index contributed by atoms with van der Waals surface area (Å²) in [5, 5.41) is 9.14. The predicted molar refractivity (Wildman–Crippen MR) is 121 cm³/mol. The van der Waals surface area contributed by atoms with E-state index in [1.807, 2.05) is 24.3 Å². The van der Waals surface area contributed by atoms with Crippen molar-refractivity contribution in [2.24, 2.45) is 0 Å². The highest BCUT2D eigenvalue weighted by Gasteiger charge is 2.41. The molecule has 2 nitrogen and oxygen atoms in total. The van der Waals surface area contributed by atoms with Crippen LogP contribution in [0.15, 0.2) is 72.1 Å². The van der Waals surface area contributed by atoms with E-state index in [9.17, 15) is 4.39 Å². The van der Waals surface area contributed by atoms with Crippen molar-refractivity contribution in [2.75, 3.05) is 6.61 Å². The van der Waals surface area contributed by atoms with Gasteiger partial charge in [-0.25, -0.2) is 8.78 Å². The van der Waals surface area contributed by atoms with Crippen LogP contribution in [0.4, 0.5) is 8.78 Å². The second-order valence-electron chi connectivity index (χ2n) is 7.94. The Labute approximate surface area is 183 Å². The molecule has 162 valence electrons. The van der Waals surface area contributed by atoms with Crippen LogP contribution in [0.25, 0.3) is 11.1 Å². The van der Waals surface area contributed by atoms with Gasteiger partial charge in [-0.15, -0.1) is 0 Å². The van der Waals surface area contributed by atoms with Gasteiger partial charge in [0.15, 0.2) is 11.5 Å². The summed E-state index contributed by atoms with van der Waals surface area (Å²) in [6.45, 7) is 2.84. The third kappa shape index (κ3) is 5.41. The Balaban J connectivity index is 1.78. The van der Waals surface area contributed by atoms with E-state index in [1.165, 1.54) is 37.8 Å². The van der Waals surface area contributed by atoms with Crippen LogP contribution in [0.3, 0.4) is 0 Å². The Kier molecular flexibility index (Phi) is 8.00. The lowest BCUT2D eigenvalue weighted by Gasteiger charge is -2.28. The van der Waals surface area contributed by atoms with Gasteiger partial charge in [0.05, 0.1) is 12.2 Å². The fraction of sp³-hybridized carbons (Fsp3) is 0.370. The minimum atomic E-state index is -2.36.